The smallest absolute Gasteiger partial charge is 0.372 e. The van der Waals surface area contributed by atoms with E-state index in [0.29, 0.717) is 10.9 Å². The largest absolute Gasteiger partial charge is 0.419 e. The van der Waals surface area contributed by atoms with Gasteiger partial charge in [0.15, 0.2) is 0 Å². The zero-order valence-corrected chi connectivity index (χ0v) is 7.88. The van der Waals surface area contributed by atoms with Crippen LogP contribution in [0.3, 0.4) is 0 Å². The van der Waals surface area contributed by atoms with Crippen LogP contribution in [0, 0.1) is 13.8 Å². The van der Waals surface area contributed by atoms with Crippen molar-refractivity contribution in [1.29, 1.82) is 0 Å². The van der Waals surface area contributed by atoms with Gasteiger partial charge in [-0.1, -0.05) is 6.07 Å². The number of aromatic nitrogens is 1. The van der Waals surface area contributed by atoms with Crippen LogP contribution in [-0.4, -0.2) is 4.98 Å². The van der Waals surface area contributed by atoms with Crippen LogP contribution in [0.2, 0.25) is 0 Å². The Kier molecular flexibility index (Phi) is 1.77. The van der Waals surface area contributed by atoms with Crippen molar-refractivity contribution in [3.05, 3.63) is 44.2 Å². The van der Waals surface area contributed by atoms with Gasteiger partial charge in [-0.05, 0) is 31.0 Å². The molecule has 1 aromatic carbocycles. The summed E-state index contributed by atoms with van der Waals surface area (Å²) in [5, 5.41) is 0.449. The van der Waals surface area contributed by atoms with Crippen molar-refractivity contribution in [2.75, 3.05) is 0 Å². The third kappa shape index (κ3) is 1.16. The normalized spacial score (nSPS) is 10.7. The van der Waals surface area contributed by atoms with Crippen molar-refractivity contribution in [3.8, 4) is 0 Å². The summed E-state index contributed by atoms with van der Waals surface area (Å²) in [6.45, 7) is 3.73. The van der Waals surface area contributed by atoms with E-state index in [1.54, 1.807) is 6.07 Å². The predicted molar refractivity (Wildman–Crippen MR) is 52.6 cm³/mol. The molecule has 1 aromatic heterocycles. The predicted octanol–water partition coefficient (Wildman–Crippen LogP) is 1.10. The molecule has 0 saturated carbocycles. The van der Waals surface area contributed by atoms with Crippen molar-refractivity contribution < 1.29 is 4.42 Å². The van der Waals surface area contributed by atoms with E-state index < -0.39 is 11.4 Å². The monoisotopic (exact) mass is 191 g/mol. The van der Waals surface area contributed by atoms with Crippen LogP contribution < -0.4 is 11.4 Å². The summed E-state index contributed by atoms with van der Waals surface area (Å²) in [7, 11) is 0. The quantitative estimate of drug-likeness (QED) is 0.678. The minimum Gasteiger partial charge on any atom is -0.372 e. The molecule has 0 atom stereocenters. The molecule has 1 heterocycles. The molecule has 4 nitrogen and oxygen atoms in total. The van der Waals surface area contributed by atoms with Gasteiger partial charge in [0, 0.05) is 0 Å². The van der Waals surface area contributed by atoms with Gasteiger partial charge in [-0.25, -0.2) is 9.59 Å². The SMILES string of the molecule is Cc1ccc2[nH]c(=O)oc(=O)c2c1C. The van der Waals surface area contributed by atoms with Crippen LogP contribution in [0.1, 0.15) is 11.1 Å². The molecule has 14 heavy (non-hydrogen) atoms. The maximum absolute atomic E-state index is 11.4. The number of aryl methyl sites for hydroxylation is 2. The first-order chi connectivity index (χ1) is 6.59. The van der Waals surface area contributed by atoms with E-state index in [9.17, 15) is 9.59 Å². The highest BCUT2D eigenvalue weighted by Gasteiger charge is 2.06. The maximum atomic E-state index is 11.4. The van der Waals surface area contributed by atoms with Gasteiger partial charge in [-0.3, -0.25) is 4.98 Å². The van der Waals surface area contributed by atoms with Gasteiger partial charge in [0.1, 0.15) is 0 Å². The molecule has 2 aromatic rings. The van der Waals surface area contributed by atoms with Crippen LogP contribution in [0.25, 0.3) is 10.9 Å². The Morgan fingerprint density at radius 1 is 1.21 bits per heavy atom. The zero-order chi connectivity index (χ0) is 10.3. The Labute approximate surface area is 79.2 Å². The Balaban J connectivity index is 3.11. The van der Waals surface area contributed by atoms with Crippen LogP contribution in [0.15, 0.2) is 26.1 Å². The molecule has 0 amide bonds. The highest BCUT2D eigenvalue weighted by atomic mass is 16.4. The van der Waals surface area contributed by atoms with Gasteiger partial charge < -0.3 is 4.42 Å². The number of aromatic amines is 1. The highest BCUT2D eigenvalue weighted by Crippen LogP contribution is 2.14. The van der Waals surface area contributed by atoms with Gasteiger partial charge in [-0.15, -0.1) is 0 Å². The summed E-state index contributed by atoms with van der Waals surface area (Å²) in [5.74, 6) is -0.717. The van der Waals surface area contributed by atoms with Gasteiger partial charge in [0.05, 0.1) is 10.9 Å². The zero-order valence-electron chi connectivity index (χ0n) is 7.88. The molecular weight excluding hydrogens is 182 g/mol. The lowest BCUT2D eigenvalue weighted by Gasteiger charge is -2.02. The Hall–Kier alpha value is -1.84. The molecule has 0 aliphatic rings. The maximum Gasteiger partial charge on any atom is 0.419 e. The number of benzene rings is 1. The summed E-state index contributed by atoms with van der Waals surface area (Å²) < 4.78 is 4.46. The van der Waals surface area contributed by atoms with E-state index in [4.69, 9.17) is 0 Å². The van der Waals surface area contributed by atoms with E-state index in [0.717, 1.165) is 11.1 Å². The molecule has 0 aliphatic heterocycles. The number of nitrogens with one attached hydrogen (secondary N) is 1. The van der Waals surface area contributed by atoms with Crippen molar-refractivity contribution in [2.24, 2.45) is 0 Å². The fraction of sp³-hybridized carbons (Fsp3) is 0.200. The van der Waals surface area contributed by atoms with E-state index in [2.05, 4.69) is 9.40 Å². The van der Waals surface area contributed by atoms with E-state index in [-0.39, 0.29) is 0 Å². The minimum absolute atomic E-state index is 0.449. The van der Waals surface area contributed by atoms with E-state index in [1.165, 1.54) is 0 Å². The Morgan fingerprint density at radius 3 is 2.64 bits per heavy atom. The van der Waals surface area contributed by atoms with E-state index in [1.807, 2.05) is 19.9 Å². The Morgan fingerprint density at radius 2 is 1.93 bits per heavy atom. The molecule has 0 saturated heterocycles. The van der Waals surface area contributed by atoms with Crippen molar-refractivity contribution >= 4 is 10.9 Å². The van der Waals surface area contributed by atoms with Crippen LogP contribution in [0.4, 0.5) is 0 Å². The third-order valence-electron chi connectivity index (χ3n) is 2.36. The standard InChI is InChI=1S/C10H9NO3/c1-5-3-4-7-8(6(5)2)9(12)14-10(13)11-7/h3-4H,1-2H3,(H,11,13). The van der Waals surface area contributed by atoms with Crippen LogP contribution >= 0.6 is 0 Å². The molecule has 1 N–H and O–H groups in total. The molecule has 0 spiro atoms. The summed E-state index contributed by atoms with van der Waals surface area (Å²) in [6, 6.07) is 3.56. The van der Waals surface area contributed by atoms with Gasteiger partial charge in [0.2, 0.25) is 0 Å². The second kappa shape index (κ2) is 2.83. The first-order valence-corrected chi connectivity index (χ1v) is 4.23. The second-order valence-corrected chi connectivity index (χ2v) is 3.23. The van der Waals surface area contributed by atoms with Crippen molar-refractivity contribution in [1.82, 2.24) is 4.98 Å². The number of H-pyrrole nitrogens is 1. The summed E-state index contributed by atoms with van der Waals surface area (Å²) in [4.78, 5) is 24.7. The van der Waals surface area contributed by atoms with Gasteiger partial charge >= 0.3 is 11.4 Å². The molecular formula is C10H9NO3. The number of fused-ring (bicyclic) bond motifs is 1. The van der Waals surface area contributed by atoms with Crippen molar-refractivity contribution in [2.45, 2.75) is 13.8 Å². The molecule has 0 fully saturated rings. The summed E-state index contributed by atoms with van der Waals surface area (Å²) in [5.41, 5.74) is 1.78. The van der Waals surface area contributed by atoms with Crippen molar-refractivity contribution in [3.63, 3.8) is 0 Å². The van der Waals surface area contributed by atoms with Crippen LogP contribution in [0.5, 0.6) is 0 Å². The molecule has 72 valence electrons. The third-order valence-corrected chi connectivity index (χ3v) is 2.36. The Bertz CT molecular complexity index is 607. The minimum atomic E-state index is -0.717. The lowest BCUT2D eigenvalue weighted by Crippen LogP contribution is -2.15. The number of hydrogen-bond acceptors (Lipinski definition) is 3. The molecule has 0 radical (unpaired) electrons. The molecule has 4 heteroatoms. The van der Waals surface area contributed by atoms with Gasteiger partial charge in [-0.2, -0.15) is 0 Å². The number of hydrogen-bond donors (Lipinski definition) is 1. The molecule has 0 unspecified atom stereocenters. The first-order valence-electron chi connectivity index (χ1n) is 4.23. The average molecular weight is 191 g/mol. The van der Waals surface area contributed by atoms with Crippen LogP contribution in [-0.2, 0) is 0 Å². The summed E-state index contributed by atoms with van der Waals surface area (Å²) in [6.07, 6.45) is 0. The molecule has 2 rings (SSSR count). The lowest BCUT2D eigenvalue weighted by atomic mass is 10.1. The fourth-order valence-corrected chi connectivity index (χ4v) is 1.45. The second-order valence-electron chi connectivity index (χ2n) is 3.23. The van der Waals surface area contributed by atoms with Gasteiger partial charge in [0.25, 0.3) is 0 Å². The highest BCUT2D eigenvalue weighted by molar-refractivity contribution is 5.81. The fourth-order valence-electron chi connectivity index (χ4n) is 1.45. The molecule has 0 aliphatic carbocycles. The first kappa shape index (κ1) is 8.74. The summed E-state index contributed by atoms with van der Waals surface area (Å²) >= 11 is 0. The molecule has 0 bridgehead atoms. The topological polar surface area (TPSA) is 63.1 Å². The lowest BCUT2D eigenvalue weighted by molar-refractivity contribution is 0.460. The number of rotatable bonds is 0. The average Bonchev–Trinajstić information content (AvgIpc) is 2.10. The van der Waals surface area contributed by atoms with E-state index >= 15 is 0 Å².